The van der Waals surface area contributed by atoms with Crippen LogP contribution in [0.4, 0.5) is 28.4 Å². The molecule has 2 nitrogen and oxygen atoms in total. The fourth-order valence-corrected chi connectivity index (χ4v) is 12.7. The lowest BCUT2D eigenvalue weighted by atomic mass is 9.42. The number of anilines is 5. The standard InChI is InChI=1S/C59H49B11N2/c1-28-22-34-33-24-30(44-47(62)51(66)54(69)52(67)48(44)63)12-17-40(33)72(31-13-10-29(11-14-31)43-45(60)49(64)53(68)50(65)46(43)61)70-39-26-37-38(59(8,9)21-20-58(37,6)7)27-41(39)71(42(23-28)55(34)70)32-15-16-35-36(25-32)57(4,5)19-18-56(35,2)3/h10-17,22-27H,18-21H2,1-9H3. The van der Waals surface area contributed by atoms with E-state index in [0.29, 0.717) is 11.1 Å². The van der Waals surface area contributed by atoms with E-state index in [4.69, 9.17) is 78.5 Å². The fraction of sp³-hybridized carbons (Fsp3) is 0.288. The van der Waals surface area contributed by atoms with Gasteiger partial charge in [0.05, 0.1) is 0 Å². The van der Waals surface area contributed by atoms with Crippen molar-refractivity contribution >= 4 is 179 Å². The Bertz CT molecular complexity index is 3460. The van der Waals surface area contributed by atoms with Gasteiger partial charge in [0.15, 0.2) is 0 Å². The molecule has 20 radical (unpaired) electrons. The monoisotopic (exact) mass is 906 g/mol. The van der Waals surface area contributed by atoms with Gasteiger partial charge >= 0.3 is 6.85 Å². The molecule has 2 heterocycles. The SMILES string of the molecule is [B]c1c([B])c([B])c(-c2ccc(N3B4c5cc6c(cc5N(c5ccc7c(c5)C(C)(C)CCC7(C)C)c5cc(C)cc(c54)-c4cc(-c5c([B])c([B])c([B])c([B])c5[B])ccc43)C(C)(C)CCC6(C)C)cc2)c([B])c1[B]. The smallest absolute Gasteiger partial charge is 0.333 e. The van der Waals surface area contributed by atoms with Gasteiger partial charge in [-0.2, -0.15) is 0 Å². The Balaban J connectivity index is 1.24. The first-order valence-electron chi connectivity index (χ1n) is 25.1. The lowest BCUT2D eigenvalue weighted by Crippen LogP contribution is -2.62. The summed E-state index contributed by atoms with van der Waals surface area (Å²) in [6.45, 7) is 21.1. The van der Waals surface area contributed by atoms with Crippen LogP contribution in [-0.4, -0.2) is 85.3 Å². The van der Waals surface area contributed by atoms with Crippen molar-refractivity contribution in [1.29, 1.82) is 0 Å². The highest BCUT2D eigenvalue weighted by atomic mass is 15.2. The van der Waals surface area contributed by atoms with Gasteiger partial charge in [0.2, 0.25) is 0 Å². The van der Waals surface area contributed by atoms with Crippen molar-refractivity contribution in [2.45, 2.75) is 110 Å². The molecule has 0 bridgehead atoms. The zero-order valence-corrected chi connectivity index (χ0v) is 43.2. The summed E-state index contributed by atoms with van der Waals surface area (Å²) < 4.78 is 0. The maximum absolute atomic E-state index is 6.80. The maximum atomic E-state index is 6.80. The van der Waals surface area contributed by atoms with Gasteiger partial charge in [-0.05, 0) is 169 Å². The van der Waals surface area contributed by atoms with Crippen molar-refractivity contribution < 1.29 is 0 Å². The van der Waals surface area contributed by atoms with Crippen molar-refractivity contribution in [1.82, 2.24) is 0 Å². The summed E-state index contributed by atoms with van der Waals surface area (Å²) in [5.41, 5.74) is 21.4. The van der Waals surface area contributed by atoms with Gasteiger partial charge in [0.25, 0.3) is 0 Å². The molecule has 0 unspecified atom stereocenters. The summed E-state index contributed by atoms with van der Waals surface area (Å²) in [5.74, 6) is 0. The third kappa shape index (κ3) is 7.11. The minimum absolute atomic E-state index is 0.00801. The second kappa shape index (κ2) is 16.4. The molecule has 72 heavy (non-hydrogen) atoms. The molecule has 2 aliphatic carbocycles. The molecule has 0 saturated carbocycles. The second-order valence-electron chi connectivity index (χ2n) is 23.7. The van der Waals surface area contributed by atoms with Gasteiger partial charge in [-0.25, -0.2) is 0 Å². The zero-order chi connectivity index (χ0) is 51.6. The van der Waals surface area contributed by atoms with E-state index in [1.165, 1.54) is 38.9 Å². The van der Waals surface area contributed by atoms with Gasteiger partial charge in [-0.15, -0.1) is 32.8 Å². The van der Waals surface area contributed by atoms with E-state index in [1.807, 2.05) is 18.2 Å². The summed E-state index contributed by atoms with van der Waals surface area (Å²) in [4.78, 5) is 5.03. The van der Waals surface area contributed by atoms with Crippen LogP contribution in [-0.2, 0) is 21.7 Å². The van der Waals surface area contributed by atoms with Crippen molar-refractivity contribution in [3.63, 3.8) is 0 Å². The predicted molar refractivity (Wildman–Crippen MR) is 320 cm³/mol. The van der Waals surface area contributed by atoms with Crippen molar-refractivity contribution in [2.24, 2.45) is 0 Å². The van der Waals surface area contributed by atoms with Crippen LogP contribution in [0.1, 0.15) is 109 Å². The summed E-state index contributed by atoms with van der Waals surface area (Å²) in [5, 5.41) is 0. The highest BCUT2D eigenvalue weighted by Crippen LogP contribution is 2.53. The highest BCUT2D eigenvalue weighted by Gasteiger charge is 2.48. The van der Waals surface area contributed by atoms with Crippen LogP contribution in [0.5, 0.6) is 0 Å². The molecule has 0 spiro atoms. The van der Waals surface area contributed by atoms with Crippen LogP contribution in [0.25, 0.3) is 33.4 Å². The van der Waals surface area contributed by atoms with Gasteiger partial charge < -0.3 is 9.71 Å². The average Bonchev–Trinajstić information content (AvgIpc) is 3.34. The van der Waals surface area contributed by atoms with E-state index < -0.39 is 0 Å². The Labute approximate surface area is 442 Å². The number of fused-ring (bicyclic) bond motifs is 6. The first-order chi connectivity index (χ1) is 33.8. The molecule has 0 saturated heterocycles. The molecular formula is C59H49B11N2. The highest BCUT2D eigenvalue weighted by molar-refractivity contribution is 6.93. The molecule has 0 amide bonds. The Hall–Kier alpha value is -5.15. The van der Waals surface area contributed by atoms with Gasteiger partial charge in [-0.1, -0.05) is 114 Å². The molecule has 7 aromatic rings. The third-order valence-corrected chi connectivity index (χ3v) is 17.4. The van der Waals surface area contributed by atoms with E-state index in [9.17, 15) is 0 Å². The molecule has 11 rings (SSSR count). The molecule has 7 aromatic carbocycles. The first kappa shape index (κ1) is 49.1. The number of rotatable bonds is 4. The number of nitrogens with zero attached hydrogens (tertiary/aromatic N) is 2. The lowest BCUT2D eigenvalue weighted by molar-refractivity contribution is 0.332. The Kier molecular flexibility index (Phi) is 11.2. The predicted octanol–water partition coefficient (Wildman–Crippen LogP) is 2.67. The molecule has 0 aromatic heterocycles. The minimum Gasteiger partial charge on any atom is -0.376 e. The summed E-state index contributed by atoms with van der Waals surface area (Å²) in [7, 11) is 65.3. The van der Waals surface area contributed by atoms with Crippen molar-refractivity contribution in [3.05, 3.63) is 113 Å². The van der Waals surface area contributed by atoms with Gasteiger partial charge in [0, 0.05) is 34.0 Å². The van der Waals surface area contributed by atoms with Crippen LogP contribution in [0.2, 0.25) is 0 Å². The van der Waals surface area contributed by atoms with E-state index in [0.717, 1.165) is 76.3 Å². The van der Waals surface area contributed by atoms with Crippen molar-refractivity contribution in [3.8, 4) is 33.4 Å². The van der Waals surface area contributed by atoms with Gasteiger partial charge in [-0.3, -0.25) is 0 Å². The Morgan fingerprint density at radius 1 is 0.389 bits per heavy atom. The molecule has 4 aliphatic rings. The van der Waals surface area contributed by atoms with Crippen LogP contribution in [0.3, 0.4) is 0 Å². The summed E-state index contributed by atoms with van der Waals surface area (Å²) in [6.07, 6.45) is 4.41. The quantitative estimate of drug-likeness (QED) is 0.251. The van der Waals surface area contributed by atoms with Gasteiger partial charge in [0.1, 0.15) is 78.5 Å². The Morgan fingerprint density at radius 2 is 0.833 bits per heavy atom. The molecule has 328 valence electrons. The van der Waals surface area contributed by atoms with Crippen LogP contribution in [0.15, 0.2) is 84.9 Å². The molecule has 13 heteroatoms. The minimum atomic E-state index is -0.277. The van der Waals surface area contributed by atoms with E-state index in [2.05, 4.69) is 139 Å². The second-order valence-corrected chi connectivity index (χ2v) is 23.7. The normalized spacial score (nSPS) is 17.4. The van der Waals surface area contributed by atoms with E-state index in [1.54, 1.807) is 0 Å². The molecule has 0 N–H and O–H groups in total. The van der Waals surface area contributed by atoms with E-state index >= 15 is 0 Å². The zero-order valence-electron chi connectivity index (χ0n) is 43.2. The topological polar surface area (TPSA) is 6.48 Å². The fourth-order valence-electron chi connectivity index (χ4n) is 12.7. The van der Waals surface area contributed by atoms with Crippen molar-refractivity contribution in [2.75, 3.05) is 9.71 Å². The molecule has 0 fully saturated rings. The molecular weight excluding hydrogens is 856 g/mol. The largest absolute Gasteiger partial charge is 0.376 e. The number of aryl methyl sites for hydroxylation is 1. The maximum Gasteiger partial charge on any atom is 0.333 e. The first-order valence-corrected chi connectivity index (χ1v) is 25.1. The van der Waals surface area contributed by atoms with E-state index in [-0.39, 0.29) is 83.1 Å². The number of hydrogen-bond donors (Lipinski definition) is 0. The number of benzene rings is 7. The Morgan fingerprint density at radius 3 is 1.38 bits per heavy atom. The molecule has 2 aliphatic heterocycles. The van der Waals surface area contributed by atoms with Crippen LogP contribution in [0, 0.1) is 6.92 Å². The summed E-state index contributed by atoms with van der Waals surface area (Å²) >= 11 is 0. The number of hydrogen-bond acceptors (Lipinski definition) is 2. The lowest BCUT2D eigenvalue weighted by Gasteiger charge is -2.49. The average molecular weight is 905 g/mol. The molecule has 0 atom stereocenters. The summed E-state index contributed by atoms with van der Waals surface area (Å²) in [6, 6.07) is 31.7. The third-order valence-electron chi connectivity index (χ3n) is 17.4. The van der Waals surface area contributed by atoms with Crippen LogP contribution >= 0.6 is 0 Å². The van der Waals surface area contributed by atoms with Crippen LogP contribution < -0.4 is 75.3 Å².